The van der Waals surface area contributed by atoms with Gasteiger partial charge in [-0.15, -0.1) is 0 Å². The van der Waals surface area contributed by atoms with Crippen LogP contribution in [0.15, 0.2) is 0 Å². The second-order valence-corrected chi connectivity index (χ2v) is 6.42. The summed E-state index contributed by atoms with van der Waals surface area (Å²) in [7, 11) is 1.89. The van der Waals surface area contributed by atoms with E-state index in [1.807, 2.05) is 7.05 Å². The molecule has 0 saturated carbocycles. The largest absolute Gasteiger partial charge is 0.376 e. The Morgan fingerprint density at radius 1 is 1.22 bits per heavy atom. The molecule has 0 aliphatic heterocycles. The molecule has 0 aliphatic rings. The lowest BCUT2D eigenvalue weighted by Crippen LogP contribution is -2.55. The molecule has 110 valence electrons. The first-order valence-corrected chi connectivity index (χ1v) is 7.07. The summed E-state index contributed by atoms with van der Waals surface area (Å²) in [5.41, 5.74) is 6.51. The topological polar surface area (TPSA) is 64.5 Å². The molecule has 4 nitrogen and oxygen atoms in total. The van der Waals surface area contributed by atoms with Crippen LogP contribution in [0.2, 0.25) is 0 Å². The number of hydrogen-bond donors (Lipinski definition) is 2. The van der Waals surface area contributed by atoms with Crippen molar-refractivity contribution in [3.05, 3.63) is 0 Å². The van der Waals surface area contributed by atoms with Crippen LogP contribution in [0, 0.1) is 5.41 Å². The zero-order valence-corrected chi connectivity index (χ0v) is 13.1. The van der Waals surface area contributed by atoms with Gasteiger partial charge in [-0.3, -0.25) is 5.84 Å². The molecule has 0 amide bonds. The third-order valence-electron chi connectivity index (χ3n) is 3.11. The first-order chi connectivity index (χ1) is 8.22. The van der Waals surface area contributed by atoms with Crippen molar-refractivity contribution in [2.75, 3.05) is 13.7 Å². The normalized spacial score (nSPS) is 17.8. The first kappa shape index (κ1) is 17.8. The van der Waals surface area contributed by atoms with Gasteiger partial charge in [-0.05, 0) is 18.3 Å². The average molecular weight is 259 g/mol. The maximum Gasteiger partial charge on any atom is 0.0739 e. The number of rotatable bonds is 8. The van der Waals surface area contributed by atoms with Crippen molar-refractivity contribution in [3.8, 4) is 0 Å². The third-order valence-corrected chi connectivity index (χ3v) is 3.11. The van der Waals surface area contributed by atoms with Gasteiger partial charge in [-0.2, -0.15) is 0 Å². The fourth-order valence-corrected chi connectivity index (χ4v) is 2.07. The molecule has 3 unspecified atom stereocenters. The van der Waals surface area contributed by atoms with Gasteiger partial charge in [0.05, 0.1) is 12.7 Å². The van der Waals surface area contributed by atoms with E-state index in [9.17, 15) is 0 Å². The van der Waals surface area contributed by atoms with Crippen LogP contribution in [0.5, 0.6) is 0 Å². The van der Waals surface area contributed by atoms with Gasteiger partial charge in [0.1, 0.15) is 0 Å². The summed E-state index contributed by atoms with van der Waals surface area (Å²) in [6, 6.07) is 0.146. The summed E-state index contributed by atoms with van der Waals surface area (Å²) in [6.45, 7) is 11.5. The Labute approximate surface area is 113 Å². The standard InChI is InChI=1S/C14H33N3O/c1-7-9-11(17(6)16)13(15)12(8-2)18-10-14(3,4)5/h11-13H,7-10,15-16H2,1-6H3. The van der Waals surface area contributed by atoms with E-state index in [2.05, 4.69) is 34.6 Å². The molecule has 0 saturated heterocycles. The van der Waals surface area contributed by atoms with E-state index in [-0.39, 0.29) is 23.6 Å². The molecule has 0 bridgehead atoms. The van der Waals surface area contributed by atoms with E-state index in [0.717, 1.165) is 25.9 Å². The summed E-state index contributed by atoms with van der Waals surface area (Å²) in [5, 5.41) is 1.73. The molecule has 0 aliphatic carbocycles. The quantitative estimate of drug-likeness (QED) is 0.518. The smallest absolute Gasteiger partial charge is 0.0739 e. The van der Waals surface area contributed by atoms with Crippen LogP contribution >= 0.6 is 0 Å². The highest BCUT2D eigenvalue weighted by atomic mass is 16.5. The predicted molar refractivity (Wildman–Crippen MR) is 78.1 cm³/mol. The van der Waals surface area contributed by atoms with E-state index < -0.39 is 0 Å². The van der Waals surface area contributed by atoms with Crippen LogP contribution in [0.1, 0.15) is 53.9 Å². The van der Waals surface area contributed by atoms with Gasteiger partial charge in [-0.25, -0.2) is 5.01 Å². The Morgan fingerprint density at radius 3 is 2.11 bits per heavy atom. The Hall–Kier alpha value is -0.160. The van der Waals surface area contributed by atoms with Gasteiger partial charge >= 0.3 is 0 Å². The van der Waals surface area contributed by atoms with Gasteiger partial charge in [0, 0.05) is 19.1 Å². The van der Waals surface area contributed by atoms with Crippen LogP contribution in [0.3, 0.4) is 0 Å². The van der Waals surface area contributed by atoms with Crippen LogP contribution < -0.4 is 11.6 Å². The summed E-state index contributed by atoms with van der Waals surface area (Å²) in [6.07, 6.45) is 3.08. The number of nitrogens with zero attached hydrogens (tertiary/aromatic N) is 1. The Bertz CT molecular complexity index is 214. The van der Waals surface area contributed by atoms with Crippen molar-refractivity contribution in [2.24, 2.45) is 17.0 Å². The van der Waals surface area contributed by atoms with Crippen molar-refractivity contribution >= 4 is 0 Å². The minimum Gasteiger partial charge on any atom is -0.376 e. The highest BCUT2D eigenvalue weighted by Crippen LogP contribution is 2.18. The van der Waals surface area contributed by atoms with E-state index >= 15 is 0 Å². The molecular weight excluding hydrogens is 226 g/mol. The van der Waals surface area contributed by atoms with Gasteiger partial charge in [0.25, 0.3) is 0 Å². The zero-order chi connectivity index (χ0) is 14.3. The summed E-state index contributed by atoms with van der Waals surface area (Å²) < 4.78 is 5.99. The molecule has 0 rings (SSSR count). The van der Waals surface area contributed by atoms with Crippen LogP contribution in [0.25, 0.3) is 0 Å². The summed E-state index contributed by atoms with van der Waals surface area (Å²) in [5.74, 6) is 5.90. The molecule has 0 radical (unpaired) electrons. The lowest BCUT2D eigenvalue weighted by atomic mass is 9.95. The number of hydrazine groups is 1. The van der Waals surface area contributed by atoms with Crippen LogP contribution in [-0.4, -0.2) is 36.9 Å². The molecule has 4 heteroatoms. The molecule has 0 aromatic rings. The molecule has 0 heterocycles. The Morgan fingerprint density at radius 2 is 1.78 bits per heavy atom. The SMILES string of the molecule is CCCC(C(N)C(CC)OCC(C)(C)C)N(C)N. The molecule has 3 atom stereocenters. The van der Waals surface area contributed by atoms with E-state index in [0.29, 0.717) is 0 Å². The average Bonchev–Trinajstić information content (AvgIpc) is 2.24. The summed E-state index contributed by atoms with van der Waals surface area (Å²) >= 11 is 0. The molecule has 4 N–H and O–H groups in total. The maximum absolute atomic E-state index is 6.34. The third kappa shape index (κ3) is 6.69. The fraction of sp³-hybridized carbons (Fsp3) is 1.00. The predicted octanol–water partition coefficient (Wildman–Crippen LogP) is 2.13. The molecule has 18 heavy (non-hydrogen) atoms. The number of likely N-dealkylation sites (N-methyl/N-ethyl adjacent to an activating group) is 1. The monoisotopic (exact) mass is 259 g/mol. The van der Waals surface area contributed by atoms with Crippen LogP contribution in [0.4, 0.5) is 0 Å². The Balaban J connectivity index is 4.51. The number of ether oxygens (including phenoxy) is 1. The van der Waals surface area contributed by atoms with Gasteiger partial charge in [0.15, 0.2) is 0 Å². The number of nitrogens with two attached hydrogens (primary N) is 2. The van der Waals surface area contributed by atoms with Crippen molar-refractivity contribution in [3.63, 3.8) is 0 Å². The molecule has 0 aromatic heterocycles. The Kier molecular flexibility index (Phi) is 8.03. The zero-order valence-electron chi connectivity index (χ0n) is 13.1. The molecular formula is C14H33N3O. The minimum absolute atomic E-state index is 0.0349. The summed E-state index contributed by atoms with van der Waals surface area (Å²) in [4.78, 5) is 0. The molecule has 0 spiro atoms. The lowest BCUT2D eigenvalue weighted by Gasteiger charge is -2.35. The second kappa shape index (κ2) is 8.10. The van der Waals surface area contributed by atoms with Crippen LogP contribution in [-0.2, 0) is 4.74 Å². The van der Waals surface area contributed by atoms with Crippen molar-refractivity contribution in [1.29, 1.82) is 0 Å². The van der Waals surface area contributed by atoms with Gasteiger partial charge in [0.2, 0.25) is 0 Å². The van der Waals surface area contributed by atoms with Crippen molar-refractivity contribution < 1.29 is 4.74 Å². The molecule has 0 aromatic carbocycles. The van der Waals surface area contributed by atoms with E-state index in [1.54, 1.807) is 5.01 Å². The number of hydrogen-bond acceptors (Lipinski definition) is 4. The highest BCUT2D eigenvalue weighted by molar-refractivity contribution is 4.85. The molecule has 0 fully saturated rings. The van der Waals surface area contributed by atoms with E-state index in [1.165, 1.54) is 0 Å². The minimum atomic E-state index is -0.0349. The van der Waals surface area contributed by atoms with Gasteiger partial charge < -0.3 is 10.5 Å². The maximum atomic E-state index is 6.34. The van der Waals surface area contributed by atoms with Crippen molar-refractivity contribution in [1.82, 2.24) is 5.01 Å². The van der Waals surface area contributed by atoms with Gasteiger partial charge in [-0.1, -0.05) is 41.0 Å². The fourth-order valence-electron chi connectivity index (χ4n) is 2.07. The van der Waals surface area contributed by atoms with E-state index in [4.69, 9.17) is 16.3 Å². The first-order valence-electron chi connectivity index (χ1n) is 7.07. The second-order valence-electron chi connectivity index (χ2n) is 6.42. The highest BCUT2D eigenvalue weighted by Gasteiger charge is 2.28. The van der Waals surface area contributed by atoms with Crippen molar-refractivity contribution in [2.45, 2.75) is 72.1 Å². The lowest BCUT2D eigenvalue weighted by molar-refractivity contribution is -0.0233.